The zero-order chi connectivity index (χ0) is 15.8. The molecular weight excluding hydrogens is 326 g/mol. The van der Waals surface area contributed by atoms with Crippen LogP contribution in [-0.2, 0) is 20.4 Å². The van der Waals surface area contributed by atoms with Gasteiger partial charge in [0.05, 0.1) is 0 Å². The van der Waals surface area contributed by atoms with Crippen molar-refractivity contribution in [1.82, 2.24) is 14.1 Å². The van der Waals surface area contributed by atoms with Gasteiger partial charge in [-0.25, -0.2) is 13.2 Å². The highest BCUT2D eigenvalue weighted by atomic mass is 32.2. The summed E-state index contributed by atoms with van der Waals surface area (Å²) in [6.07, 6.45) is 3.51. The van der Waals surface area contributed by atoms with Crippen LogP contribution in [0.2, 0.25) is 0 Å². The number of nitrogens with zero attached hydrogens (tertiary/aromatic N) is 3. The van der Waals surface area contributed by atoms with Crippen LogP contribution in [-0.4, -0.2) is 46.7 Å². The van der Waals surface area contributed by atoms with E-state index in [0.29, 0.717) is 0 Å². The Morgan fingerprint density at radius 1 is 1.32 bits per heavy atom. The third kappa shape index (κ3) is 2.34. The third-order valence-electron chi connectivity index (χ3n) is 3.98. The van der Waals surface area contributed by atoms with Crippen molar-refractivity contribution in [3.63, 3.8) is 0 Å². The summed E-state index contributed by atoms with van der Waals surface area (Å²) in [7, 11) is -3.53. The van der Waals surface area contributed by atoms with Crippen LogP contribution in [0.5, 0.6) is 0 Å². The lowest BCUT2D eigenvalue weighted by Crippen LogP contribution is -2.52. The second-order valence-corrected chi connectivity index (χ2v) is 8.24. The number of aliphatic carboxylic acids is 1. The molecule has 2 aromatic heterocycles. The first-order valence-electron chi connectivity index (χ1n) is 6.74. The summed E-state index contributed by atoms with van der Waals surface area (Å²) in [4.78, 5) is 11.7. The number of carboxylic acid groups (broad SMARTS) is 1. The molecule has 3 rings (SSSR count). The minimum absolute atomic E-state index is 0.159. The number of hydrogen-bond donors (Lipinski definition) is 1. The fraction of sp³-hybridized carbons (Fsp3) is 0.385. The maximum Gasteiger partial charge on any atom is 0.331 e. The van der Waals surface area contributed by atoms with Crippen molar-refractivity contribution in [2.24, 2.45) is 0 Å². The van der Waals surface area contributed by atoms with Crippen LogP contribution in [0.3, 0.4) is 0 Å². The van der Waals surface area contributed by atoms with Gasteiger partial charge >= 0.3 is 5.97 Å². The molecule has 3 heterocycles. The van der Waals surface area contributed by atoms with Gasteiger partial charge in [0.25, 0.3) is 10.0 Å². The molecule has 0 spiro atoms. The lowest BCUT2D eigenvalue weighted by Gasteiger charge is -2.38. The standard InChI is InChI=1S/C13H15N3O4S2/c17-12(18)13(16-7-2-6-14-16)4-8-15(9-5-13)22(19,20)11-3-1-10-21-11/h1-3,6-7,10H,4-5,8-9H2,(H,17,18). The number of piperidine rings is 1. The van der Waals surface area contributed by atoms with Crippen molar-refractivity contribution in [3.8, 4) is 0 Å². The van der Waals surface area contributed by atoms with E-state index in [1.54, 1.807) is 29.8 Å². The molecule has 1 saturated heterocycles. The monoisotopic (exact) mass is 341 g/mol. The normalized spacial score (nSPS) is 19.1. The van der Waals surface area contributed by atoms with E-state index in [2.05, 4.69) is 5.10 Å². The second kappa shape index (κ2) is 5.49. The molecule has 1 aliphatic rings. The minimum Gasteiger partial charge on any atom is -0.479 e. The maximum absolute atomic E-state index is 12.5. The van der Waals surface area contributed by atoms with Gasteiger partial charge in [0.1, 0.15) is 4.21 Å². The molecule has 0 amide bonds. The molecule has 9 heteroatoms. The van der Waals surface area contributed by atoms with Crippen LogP contribution >= 0.6 is 11.3 Å². The molecule has 1 N–H and O–H groups in total. The largest absolute Gasteiger partial charge is 0.479 e. The molecule has 0 saturated carbocycles. The highest BCUT2D eigenvalue weighted by Gasteiger charge is 2.46. The topological polar surface area (TPSA) is 92.5 Å². The molecule has 7 nitrogen and oxygen atoms in total. The summed E-state index contributed by atoms with van der Waals surface area (Å²) < 4.78 is 28.0. The van der Waals surface area contributed by atoms with E-state index in [0.717, 1.165) is 11.3 Å². The Kier molecular flexibility index (Phi) is 3.79. The first-order valence-corrected chi connectivity index (χ1v) is 9.06. The molecule has 1 fully saturated rings. The molecule has 0 radical (unpaired) electrons. The van der Waals surface area contributed by atoms with Gasteiger partial charge in [-0.1, -0.05) is 6.07 Å². The average molecular weight is 341 g/mol. The van der Waals surface area contributed by atoms with Crippen LogP contribution in [0.25, 0.3) is 0 Å². The Bertz CT molecular complexity index is 745. The summed E-state index contributed by atoms with van der Waals surface area (Å²) in [5.74, 6) is -0.982. The van der Waals surface area contributed by atoms with Gasteiger partial charge in [0.15, 0.2) is 5.54 Å². The first kappa shape index (κ1) is 15.2. The Balaban J connectivity index is 1.84. The van der Waals surface area contributed by atoms with Gasteiger partial charge in [-0.05, 0) is 30.4 Å². The molecule has 0 atom stereocenters. The number of hydrogen-bond acceptors (Lipinski definition) is 5. The van der Waals surface area contributed by atoms with Crippen molar-refractivity contribution in [2.45, 2.75) is 22.6 Å². The number of carbonyl (C=O) groups is 1. The van der Waals surface area contributed by atoms with E-state index in [1.165, 1.54) is 15.2 Å². The van der Waals surface area contributed by atoms with Crippen molar-refractivity contribution in [3.05, 3.63) is 36.0 Å². The fourth-order valence-corrected chi connectivity index (χ4v) is 5.28. The van der Waals surface area contributed by atoms with Gasteiger partial charge in [-0.15, -0.1) is 11.3 Å². The Morgan fingerprint density at radius 2 is 2.05 bits per heavy atom. The summed E-state index contributed by atoms with van der Waals surface area (Å²) in [6, 6.07) is 4.92. The summed E-state index contributed by atoms with van der Waals surface area (Å²) in [5, 5.41) is 15.4. The molecule has 1 aliphatic heterocycles. The highest BCUT2D eigenvalue weighted by molar-refractivity contribution is 7.91. The number of aromatic nitrogens is 2. The van der Waals surface area contributed by atoms with Crippen molar-refractivity contribution in [2.75, 3.05) is 13.1 Å². The molecule has 0 unspecified atom stereocenters. The predicted octanol–water partition coefficient (Wildman–Crippen LogP) is 1.21. The third-order valence-corrected chi connectivity index (χ3v) is 7.25. The predicted molar refractivity (Wildman–Crippen MR) is 80.1 cm³/mol. The van der Waals surface area contributed by atoms with Gasteiger partial charge < -0.3 is 5.11 Å². The molecule has 0 bridgehead atoms. The molecule has 0 aromatic carbocycles. The highest BCUT2D eigenvalue weighted by Crippen LogP contribution is 2.33. The lowest BCUT2D eigenvalue weighted by molar-refractivity contribution is -0.150. The van der Waals surface area contributed by atoms with Crippen LogP contribution in [0.15, 0.2) is 40.2 Å². The smallest absolute Gasteiger partial charge is 0.331 e. The van der Waals surface area contributed by atoms with Crippen LogP contribution in [0.4, 0.5) is 0 Å². The van der Waals surface area contributed by atoms with E-state index in [1.807, 2.05) is 0 Å². The fourth-order valence-electron chi connectivity index (χ4n) is 2.70. The van der Waals surface area contributed by atoms with Crippen molar-refractivity contribution in [1.29, 1.82) is 0 Å². The number of sulfonamides is 1. The van der Waals surface area contributed by atoms with Crippen LogP contribution < -0.4 is 0 Å². The lowest BCUT2D eigenvalue weighted by atomic mass is 9.88. The zero-order valence-electron chi connectivity index (χ0n) is 11.6. The minimum atomic E-state index is -3.53. The average Bonchev–Trinajstić information content (AvgIpc) is 3.20. The van der Waals surface area contributed by atoms with Crippen molar-refractivity contribution < 1.29 is 18.3 Å². The van der Waals surface area contributed by atoms with Crippen LogP contribution in [0.1, 0.15) is 12.8 Å². The quantitative estimate of drug-likeness (QED) is 0.902. The first-order chi connectivity index (χ1) is 10.5. The van der Waals surface area contributed by atoms with Crippen molar-refractivity contribution >= 4 is 27.3 Å². The molecule has 118 valence electrons. The van der Waals surface area contributed by atoms with Gasteiger partial charge in [0.2, 0.25) is 0 Å². The SMILES string of the molecule is O=C(O)C1(n2cccn2)CCN(S(=O)(=O)c2cccs2)CC1. The molecule has 2 aromatic rings. The van der Waals surface area contributed by atoms with E-state index in [9.17, 15) is 18.3 Å². The van der Waals surface area contributed by atoms with E-state index in [4.69, 9.17) is 0 Å². The Morgan fingerprint density at radius 3 is 2.55 bits per heavy atom. The maximum atomic E-state index is 12.5. The zero-order valence-corrected chi connectivity index (χ0v) is 13.3. The second-order valence-electron chi connectivity index (χ2n) is 5.12. The summed E-state index contributed by atoms with van der Waals surface area (Å²) in [5.41, 5.74) is -1.18. The van der Waals surface area contributed by atoms with E-state index < -0.39 is 21.5 Å². The molecule has 22 heavy (non-hydrogen) atoms. The summed E-state index contributed by atoms with van der Waals surface area (Å²) >= 11 is 1.16. The van der Waals surface area contributed by atoms with Gasteiger partial charge in [0, 0.05) is 25.5 Å². The van der Waals surface area contributed by atoms with E-state index >= 15 is 0 Å². The number of thiophene rings is 1. The van der Waals surface area contributed by atoms with Gasteiger partial charge in [-0.3, -0.25) is 4.68 Å². The molecule has 0 aliphatic carbocycles. The van der Waals surface area contributed by atoms with Gasteiger partial charge in [-0.2, -0.15) is 9.40 Å². The Labute approximate surface area is 131 Å². The van der Waals surface area contributed by atoms with E-state index in [-0.39, 0.29) is 30.1 Å². The van der Waals surface area contributed by atoms with Crippen LogP contribution in [0, 0.1) is 0 Å². The number of carboxylic acids is 1. The number of rotatable bonds is 4. The Hall–Kier alpha value is -1.71. The molecular formula is C13H15N3O4S2. The summed E-state index contributed by atoms with van der Waals surface area (Å²) in [6.45, 7) is 0.318.